The van der Waals surface area contributed by atoms with Crippen molar-refractivity contribution in [1.82, 2.24) is 0 Å². The van der Waals surface area contributed by atoms with E-state index in [-0.39, 0.29) is 35.3 Å². The van der Waals surface area contributed by atoms with E-state index in [0.717, 1.165) is 35.6 Å². The minimum Gasteiger partial charge on any atom is -0.506 e. The van der Waals surface area contributed by atoms with Crippen LogP contribution in [-0.4, -0.2) is 33.6 Å². The van der Waals surface area contributed by atoms with Gasteiger partial charge < -0.3 is 14.6 Å². The Morgan fingerprint density at radius 1 is 1.10 bits per heavy atom. The maximum atomic E-state index is 12.9. The van der Waals surface area contributed by atoms with E-state index in [1.807, 2.05) is 18.2 Å². The number of hydrogen-bond donors (Lipinski definition) is 1. The molecule has 3 aromatic rings. The third-order valence-corrected chi connectivity index (χ3v) is 8.42. The maximum Gasteiger partial charge on any atom is 0.344 e. The maximum absolute atomic E-state index is 12.9. The average molecular weight is 796 g/mol. The molecule has 1 amide bonds. The van der Waals surface area contributed by atoms with Crippen LogP contribution >= 0.6 is 56.9 Å². The third-order valence-electron chi connectivity index (χ3n) is 5.80. The molecule has 0 saturated heterocycles. The normalized spacial score (nSPS) is 14.9. The standard InChI is InChI=1S/C29H22I2N2O7S/c1-3-39-29(36)24-25(34)23(41-28(24)32-27(35)20-7-5-4-6-16(20)2)14-18-12-21(30)26(22(31)13-18)40-15-17-8-10-19(11-9-17)33(37)38/h4-14,34H,3,15H2,1-2H3/b23-14-,32-28?. The van der Waals surface area contributed by atoms with Gasteiger partial charge in [-0.25, -0.2) is 9.79 Å². The summed E-state index contributed by atoms with van der Waals surface area (Å²) in [7, 11) is 0. The summed E-state index contributed by atoms with van der Waals surface area (Å²) in [4.78, 5) is 40.6. The number of carbonyl (C=O) groups excluding carboxylic acids is 2. The van der Waals surface area contributed by atoms with Gasteiger partial charge in [0.25, 0.3) is 11.6 Å². The number of esters is 1. The Hall–Kier alpha value is -3.24. The summed E-state index contributed by atoms with van der Waals surface area (Å²) >= 11 is 5.30. The molecule has 41 heavy (non-hydrogen) atoms. The van der Waals surface area contributed by atoms with Crippen molar-refractivity contribution in [2.45, 2.75) is 20.5 Å². The van der Waals surface area contributed by atoms with Gasteiger partial charge in [0.1, 0.15) is 28.7 Å². The minimum absolute atomic E-state index is 0.0104. The van der Waals surface area contributed by atoms with Gasteiger partial charge >= 0.3 is 5.97 Å². The molecule has 0 unspecified atom stereocenters. The second-order valence-corrected chi connectivity index (χ2v) is 12.0. The number of thioether (sulfide) groups is 1. The lowest BCUT2D eigenvalue weighted by atomic mass is 10.1. The largest absolute Gasteiger partial charge is 0.506 e. The number of nitro groups is 1. The van der Waals surface area contributed by atoms with Crippen molar-refractivity contribution in [2.75, 3.05) is 6.61 Å². The average Bonchev–Trinajstić information content (AvgIpc) is 3.22. The van der Waals surface area contributed by atoms with Crippen LogP contribution in [0.3, 0.4) is 0 Å². The lowest BCUT2D eigenvalue weighted by molar-refractivity contribution is -0.384. The highest BCUT2D eigenvalue weighted by Crippen LogP contribution is 2.40. The summed E-state index contributed by atoms with van der Waals surface area (Å²) < 4.78 is 12.7. The lowest BCUT2D eigenvalue weighted by Gasteiger charge is -2.12. The van der Waals surface area contributed by atoms with Crippen LogP contribution in [0, 0.1) is 24.2 Å². The van der Waals surface area contributed by atoms with Crippen molar-refractivity contribution in [3.05, 3.63) is 116 Å². The molecule has 0 spiro atoms. The van der Waals surface area contributed by atoms with E-state index in [9.17, 15) is 24.8 Å². The molecule has 9 nitrogen and oxygen atoms in total. The number of benzene rings is 3. The van der Waals surface area contributed by atoms with Crippen molar-refractivity contribution in [3.63, 3.8) is 0 Å². The highest BCUT2D eigenvalue weighted by atomic mass is 127. The smallest absolute Gasteiger partial charge is 0.344 e. The zero-order chi connectivity index (χ0) is 29.7. The van der Waals surface area contributed by atoms with Gasteiger partial charge in [0.2, 0.25) is 0 Å². The molecule has 12 heteroatoms. The van der Waals surface area contributed by atoms with Crippen LogP contribution in [-0.2, 0) is 16.1 Å². The predicted octanol–water partition coefficient (Wildman–Crippen LogP) is 7.39. The summed E-state index contributed by atoms with van der Waals surface area (Å²) in [6.07, 6.45) is 1.70. The second kappa shape index (κ2) is 13.6. The SMILES string of the molecule is CCOC(=O)C1=C(O)/C(=C/c2cc(I)c(OCc3ccc([N+](=O)[O-])cc3)c(I)c2)SC1=NC(=O)c1ccccc1C. The number of aryl methyl sites for hydroxylation is 1. The highest BCUT2D eigenvalue weighted by molar-refractivity contribution is 14.1. The third kappa shape index (κ3) is 7.35. The van der Waals surface area contributed by atoms with E-state index in [2.05, 4.69) is 50.2 Å². The number of nitrogens with zero attached hydrogens (tertiary/aromatic N) is 2. The number of ether oxygens (including phenoxy) is 2. The number of halogens is 2. The molecule has 0 atom stereocenters. The number of amides is 1. The van der Waals surface area contributed by atoms with E-state index in [4.69, 9.17) is 9.47 Å². The van der Waals surface area contributed by atoms with Crippen molar-refractivity contribution in [2.24, 2.45) is 4.99 Å². The van der Waals surface area contributed by atoms with Crippen LogP contribution in [0.4, 0.5) is 5.69 Å². The minimum atomic E-state index is -0.767. The molecule has 1 heterocycles. The van der Waals surface area contributed by atoms with Crippen LogP contribution in [0.15, 0.2) is 81.9 Å². The summed E-state index contributed by atoms with van der Waals surface area (Å²) in [6, 6.07) is 16.9. The van der Waals surface area contributed by atoms with E-state index >= 15 is 0 Å². The molecule has 0 radical (unpaired) electrons. The van der Waals surface area contributed by atoms with E-state index in [1.165, 1.54) is 12.1 Å². The first-order valence-electron chi connectivity index (χ1n) is 12.1. The first kappa shape index (κ1) is 30.7. The Bertz CT molecular complexity index is 1610. The van der Waals surface area contributed by atoms with Gasteiger partial charge in [-0.2, -0.15) is 0 Å². The van der Waals surface area contributed by atoms with Crippen LogP contribution in [0.2, 0.25) is 0 Å². The number of non-ortho nitro benzene ring substituents is 1. The van der Waals surface area contributed by atoms with Gasteiger partial charge in [0, 0.05) is 17.7 Å². The molecular formula is C29H22I2N2O7S. The molecule has 0 saturated carbocycles. The highest BCUT2D eigenvalue weighted by Gasteiger charge is 2.34. The van der Waals surface area contributed by atoms with Gasteiger partial charge in [-0.3, -0.25) is 14.9 Å². The van der Waals surface area contributed by atoms with E-state index in [1.54, 1.807) is 50.3 Å². The van der Waals surface area contributed by atoms with Gasteiger partial charge in [0.05, 0.1) is 23.6 Å². The van der Waals surface area contributed by atoms with Gasteiger partial charge in [-0.15, -0.1) is 0 Å². The number of aliphatic hydroxyl groups excluding tert-OH is 1. The molecule has 0 fully saturated rings. The first-order valence-corrected chi connectivity index (χ1v) is 15.1. The molecular weight excluding hydrogens is 774 g/mol. The summed E-state index contributed by atoms with van der Waals surface area (Å²) in [5.41, 5.74) is 2.50. The summed E-state index contributed by atoms with van der Waals surface area (Å²) in [6.45, 7) is 3.76. The zero-order valence-corrected chi connectivity index (χ0v) is 26.9. The number of hydrogen-bond acceptors (Lipinski definition) is 8. The fourth-order valence-corrected chi connectivity index (χ4v) is 6.92. The number of rotatable bonds is 8. The molecule has 1 aliphatic rings. The van der Waals surface area contributed by atoms with Crippen molar-refractivity contribution in [3.8, 4) is 5.75 Å². The molecule has 0 bridgehead atoms. The van der Waals surface area contributed by atoms with Gasteiger partial charge in [0.15, 0.2) is 0 Å². The molecule has 1 aliphatic heterocycles. The Morgan fingerprint density at radius 2 is 1.76 bits per heavy atom. The molecule has 210 valence electrons. The second-order valence-electron chi connectivity index (χ2n) is 8.62. The predicted molar refractivity (Wildman–Crippen MR) is 174 cm³/mol. The zero-order valence-electron chi connectivity index (χ0n) is 21.7. The topological polar surface area (TPSA) is 128 Å². The molecule has 3 aromatic carbocycles. The fraction of sp³-hybridized carbons (Fsp3) is 0.138. The van der Waals surface area contributed by atoms with Crippen molar-refractivity contribution in [1.29, 1.82) is 0 Å². The monoisotopic (exact) mass is 796 g/mol. The Labute approximate surface area is 267 Å². The van der Waals surface area contributed by atoms with Crippen LogP contribution in [0.25, 0.3) is 6.08 Å². The Balaban J connectivity index is 1.61. The fourth-order valence-electron chi connectivity index (χ4n) is 3.78. The molecule has 1 N–H and O–H groups in total. The molecule has 4 rings (SSSR count). The number of carbonyl (C=O) groups is 2. The first-order chi connectivity index (χ1) is 19.6. The van der Waals surface area contributed by atoms with Crippen molar-refractivity contribution < 1.29 is 29.1 Å². The summed E-state index contributed by atoms with van der Waals surface area (Å²) in [5, 5.41) is 21.9. The van der Waals surface area contributed by atoms with Gasteiger partial charge in [-0.05, 0) is 112 Å². The summed E-state index contributed by atoms with van der Waals surface area (Å²) in [5.74, 6) is -0.964. The van der Waals surface area contributed by atoms with Crippen LogP contribution < -0.4 is 4.74 Å². The van der Waals surface area contributed by atoms with Crippen LogP contribution in [0.5, 0.6) is 5.75 Å². The quantitative estimate of drug-likeness (QED) is 0.108. The van der Waals surface area contributed by atoms with Crippen molar-refractivity contribution >= 4 is 85.6 Å². The molecule has 0 aromatic heterocycles. The van der Waals surface area contributed by atoms with E-state index in [0.29, 0.717) is 16.2 Å². The van der Waals surface area contributed by atoms with Gasteiger partial charge in [-0.1, -0.05) is 30.0 Å². The number of aliphatic imine (C=N–C) groups is 1. The Kier molecular flexibility index (Phi) is 10.2. The van der Waals surface area contributed by atoms with E-state index < -0.39 is 16.8 Å². The van der Waals surface area contributed by atoms with Crippen LogP contribution in [0.1, 0.15) is 34.0 Å². The lowest BCUT2D eigenvalue weighted by Crippen LogP contribution is -2.14. The number of aliphatic hydroxyl groups is 1. The number of nitro benzene ring substituents is 1. The molecule has 0 aliphatic carbocycles. The Morgan fingerprint density at radius 3 is 2.37 bits per heavy atom.